The average Bonchev–Trinajstić information content (AvgIpc) is 3.24. The Hall–Kier alpha value is -2.46. The minimum Gasteiger partial charge on any atom is -0.377 e. The number of sulfone groups is 1. The predicted molar refractivity (Wildman–Crippen MR) is 109 cm³/mol. The van der Waals surface area contributed by atoms with Gasteiger partial charge in [0.05, 0.1) is 48.6 Å². The summed E-state index contributed by atoms with van der Waals surface area (Å²) in [5.41, 5.74) is 3.96. The van der Waals surface area contributed by atoms with Gasteiger partial charge in [-0.3, -0.25) is 5.10 Å². The molecule has 2 fully saturated rings. The quantitative estimate of drug-likeness (QED) is 0.690. The van der Waals surface area contributed by atoms with Crippen molar-refractivity contribution in [3.8, 4) is 11.3 Å². The van der Waals surface area contributed by atoms with Crippen molar-refractivity contribution >= 4 is 21.3 Å². The fraction of sp³-hybridized carbons (Fsp3) is 0.526. The van der Waals surface area contributed by atoms with Crippen molar-refractivity contribution in [1.82, 2.24) is 24.8 Å². The number of aromatic amines is 1. The van der Waals surface area contributed by atoms with Gasteiger partial charge in [-0.05, 0) is 32.3 Å². The molecular weight excluding hydrogens is 392 g/mol. The van der Waals surface area contributed by atoms with Crippen LogP contribution < -0.4 is 4.90 Å². The van der Waals surface area contributed by atoms with Crippen molar-refractivity contribution in [3.63, 3.8) is 0 Å². The molecule has 3 aromatic rings. The fourth-order valence-electron chi connectivity index (χ4n) is 4.22. The van der Waals surface area contributed by atoms with Crippen LogP contribution in [0.25, 0.3) is 16.9 Å². The van der Waals surface area contributed by atoms with E-state index in [2.05, 4.69) is 27.1 Å². The summed E-state index contributed by atoms with van der Waals surface area (Å²) in [5.74, 6) is 0.761. The van der Waals surface area contributed by atoms with E-state index in [4.69, 9.17) is 9.72 Å². The highest BCUT2D eigenvalue weighted by Crippen LogP contribution is 2.53. The first-order valence-corrected chi connectivity index (χ1v) is 11.6. The highest BCUT2D eigenvalue weighted by Gasteiger charge is 2.56. The van der Waals surface area contributed by atoms with Crippen LogP contribution >= 0.6 is 0 Å². The molecular formula is C19H24N6O3S. The molecule has 5 rings (SSSR count). The van der Waals surface area contributed by atoms with Crippen LogP contribution in [0.5, 0.6) is 0 Å². The molecule has 3 aromatic heterocycles. The zero-order valence-electron chi connectivity index (χ0n) is 16.7. The molecule has 1 saturated heterocycles. The van der Waals surface area contributed by atoms with Gasteiger partial charge in [-0.15, -0.1) is 0 Å². The van der Waals surface area contributed by atoms with Crippen LogP contribution in [0.4, 0.5) is 5.82 Å². The summed E-state index contributed by atoms with van der Waals surface area (Å²) in [6.45, 7) is 6.00. The highest BCUT2D eigenvalue weighted by atomic mass is 32.2. The van der Waals surface area contributed by atoms with Gasteiger partial charge in [0.25, 0.3) is 0 Å². The van der Waals surface area contributed by atoms with Crippen molar-refractivity contribution in [2.75, 3.05) is 30.9 Å². The lowest BCUT2D eigenvalue weighted by atomic mass is 10.1. The third kappa shape index (κ3) is 2.77. The highest BCUT2D eigenvalue weighted by molar-refractivity contribution is 7.91. The van der Waals surface area contributed by atoms with Crippen molar-refractivity contribution < 1.29 is 13.2 Å². The molecule has 0 spiro atoms. The maximum Gasteiger partial charge on any atom is 0.167 e. The van der Waals surface area contributed by atoms with Gasteiger partial charge in [0.1, 0.15) is 10.6 Å². The Bertz CT molecular complexity index is 1190. The second kappa shape index (κ2) is 6.27. The lowest BCUT2D eigenvalue weighted by molar-refractivity contribution is 0.0985. The molecule has 1 aliphatic carbocycles. The Labute approximate surface area is 169 Å². The molecule has 10 heteroatoms. The predicted octanol–water partition coefficient (Wildman–Crippen LogP) is 1.69. The van der Waals surface area contributed by atoms with Crippen molar-refractivity contribution in [3.05, 3.63) is 29.7 Å². The number of ether oxygens (including phenoxy) is 1. The van der Waals surface area contributed by atoms with E-state index in [9.17, 15) is 8.42 Å². The Balaban J connectivity index is 1.77. The van der Waals surface area contributed by atoms with Gasteiger partial charge < -0.3 is 9.64 Å². The second-order valence-corrected chi connectivity index (χ2v) is 10.4. The lowest BCUT2D eigenvalue weighted by Gasteiger charge is -2.34. The summed E-state index contributed by atoms with van der Waals surface area (Å²) in [6.07, 6.45) is 6.00. The summed E-state index contributed by atoms with van der Waals surface area (Å²) < 4.78 is 31.7. The SMILES string of the molecule is Cc1cn[nH]c1-c1cnn2c(C3(S(C)(=O)=O)CC3)cc(N3CCOC[C@H]3C)nc12. The maximum absolute atomic E-state index is 12.7. The van der Waals surface area contributed by atoms with Gasteiger partial charge in [-0.1, -0.05) is 0 Å². The molecule has 1 N–H and O–H groups in total. The van der Waals surface area contributed by atoms with E-state index in [1.165, 1.54) is 6.26 Å². The molecule has 4 heterocycles. The summed E-state index contributed by atoms with van der Waals surface area (Å²) >= 11 is 0. The van der Waals surface area contributed by atoms with Crippen LogP contribution in [0.15, 0.2) is 18.5 Å². The zero-order chi connectivity index (χ0) is 20.4. The minimum absolute atomic E-state index is 0.153. The summed E-state index contributed by atoms with van der Waals surface area (Å²) in [4.78, 5) is 7.10. The molecule has 0 aromatic carbocycles. The van der Waals surface area contributed by atoms with Crippen molar-refractivity contribution in [2.45, 2.75) is 37.5 Å². The standard InChI is InChI=1S/C19H24N6O3S/c1-12-9-20-23-17(12)14-10-21-25-15(19(4-5-19)29(3,26)27)8-16(22-18(14)25)24-6-7-28-11-13(24)2/h8-10,13H,4-7,11H2,1-3H3,(H,20,23)/t13-/m1/s1. The fourth-order valence-corrected chi connectivity index (χ4v) is 5.58. The number of fused-ring (bicyclic) bond motifs is 1. The first-order chi connectivity index (χ1) is 13.8. The van der Waals surface area contributed by atoms with Crippen molar-refractivity contribution in [2.24, 2.45) is 0 Å². The molecule has 2 aliphatic rings. The van der Waals surface area contributed by atoms with Gasteiger partial charge in [0.15, 0.2) is 15.5 Å². The smallest absolute Gasteiger partial charge is 0.167 e. The normalized spacial score (nSPS) is 21.6. The molecule has 154 valence electrons. The van der Waals surface area contributed by atoms with E-state index in [-0.39, 0.29) is 6.04 Å². The topological polar surface area (TPSA) is 105 Å². The van der Waals surface area contributed by atoms with E-state index in [0.717, 1.165) is 22.6 Å². The number of nitrogens with one attached hydrogen (secondary N) is 1. The molecule has 0 amide bonds. The van der Waals surface area contributed by atoms with E-state index >= 15 is 0 Å². The third-order valence-corrected chi connectivity index (χ3v) is 8.14. The van der Waals surface area contributed by atoms with Gasteiger partial charge in [-0.2, -0.15) is 10.2 Å². The summed E-state index contributed by atoms with van der Waals surface area (Å²) in [6, 6.07) is 2.06. The number of aryl methyl sites for hydroxylation is 1. The number of hydrogen-bond acceptors (Lipinski definition) is 7. The number of rotatable bonds is 4. The van der Waals surface area contributed by atoms with E-state index in [1.54, 1.807) is 16.9 Å². The van der Waals surface area contributed by atoms with Crippen LogP contribution in [-0.2, 0) is 19.3 Å². The largest absolute Gasteiger partial charge is 0.377 e. The van der Waals surface area contributed by atoms with Gasteiger partial charge >= 0.3 is 0 Å². The monoisotopic (exact) mass is 416 g/mol. The molecule has 9 nitrogen and oxygen atoms in total. The first-order valence-electron chi connectivity index (χ1n) is 9.75. The molecule has 1 saturated carbocycles. The number of anilines is 1. The molecule has 1 aliphatic heterocycles. The Morgan fingerprint density at radius 2 is 2.10 bits per heavy atom. The second-order valence-electron chi connectivity index (χ2n) is 8.11. The molecule has 0 bridgehead atoms. The van der Waals surface area contributed by atoms with E-state index in [1.807, 2.05) is 13.0 Å². The number of nitrogens with zero attached hydrogens (tertiary/aromatic N) is 5. The van der Waals surface area contributed by atoms with Crippen LogP contribution in [-0.4, -0.2) is 65.3 Å². The number of aromatic nitrogens is 5. The Kier molecular flexibility index (Phi) is 4.01. The van der Waals surface area contributed by atoms with Gasteiger partial charge in [-0.25, -0.2) is 17.9 Å². The first kappa shape index (κ1) is 18.6. The lowest BCUT2D eigenvalue weighted by Crippen LogP contribution is -2.44. The zero-order valence-corrected chi connectivity index (χ0v) is 17.5. The molecule has 0 unspecified atom stereocenters. The minimum atomic E-state index is -3.30. The van der Waals surface area contributed by atoms with Crippen molar-refractivity contribution in [1.29, 1.82) is 0 Å². The Morgan fingerprint density at radius 1 is 1.31 bits per heavy atom. The summed E-state index contributed by atoms with van der Waals surface area (Å²) in [5, 5.41) is 11.7. The molecule has 1 atom stereocenters. The third-order valence-electron chi connectivity index (χ3n) is 6.10. The summed E-state index contributed by atoms with van der Waals surface area (Å²) in [7, 11) is -3.30. The van der Waals surface area contributed by atoms with Gasteiger partial charge in [0.2, 0.25) is 0 Å². The van der Waals surface area contributed by atoms with Crippen LogP contribution in [0.1, 0.15) is 31.0 Å². The van der Waals surface area contributed by atoms with E-state index < -0.39 is 14.6 Å². The number of hydrogen-bond donors (Lipinski definition) is 1. The molecule has 0 radical (unpaired) electrons. The Morgan fingerprint density at radius 3 is 2.72 bits per heavy atom. The van der Waals surface area contributed by atoms with Gasteiger partial charge in [0, 0.05) is 18.9 Å². The van der Waals surface area contributed by atoms with Crippen LogP contribution in [0, 0.1) is 6.92 Å². The molecule has 29 heavy (non-hydrogen) atoms. The van der Waals surface area contributed by atoms with Crippen LogP contribution in [0.3, 0.4) is 0 Å². The van der Waals surface area contributed by atoms with E-state index in [0.29, 0.717) is 43.9 Å². The number of H-pyrrole nitrogens is 1. The number of morpholine rings is 1. The van der Waals surface area contributed by atoms with Crippen LogP contribution in [0.2, 0.25) is 0 Å². The maximum atomic E-state index is 12.7. The average molecular weight is 417 g/mol.